The molecule has 0 bridgehead atoms. The molecule has 2 aliphatic rings. The van der Waals surface area contributed by atoms with Crippen LogP contribution in [0.4, 0.5) is 4.79 Å². The minimum Gasteiger partial charge on any atom is -0.424 e. The molecular formula is C39H44O7Si2. The number of ketones is 1. The fourth-order valence-electron chi connectivity index (χ4n) is 7.58. The van der Waals surface area contributed by atoms with Gasteiger partial charge in [0, 0.05) is 0 Å². The molecule has 1 heterocycles. The average Bonchev–Trinajstić information content (AvgIpc) is 3.46. The molecule has 7 nitrogen and oxygen atoms in total. The first-order valence-electron chi connectivity index (χ1n) is 16.5. The third-order valence-electron chi connectivity index (χ3n) is 9.74. The topological polar surface area (TPSA) is 91.3 Å². The molecule has 5 atom stereocenters. The first-order valence-corrected chi connectivity index (χ1v) is 20.3. The van der Waals surface area contributed by atoms with E-state index in [1.165, 1.54) is 0 Å². The minimum absolute atomic E-state index is 0.459. The number of aliphatic hydroxyl groups excluding tert-OH is 1. The Kier molecular flexibility index (Phi) is 9.12. The van der Waals surface area contributed by atoms with Gasteiger partial charge in [0.05, 0.1) is 0 Å². The zero-order chi connectivity index (χ0) is 34.3. The van der Waals surface area contributed by atoms with E-state index in [0.29, 0.717) is 0 Å². The molecular weight excluding hydrogens is 637 g/mol. The standard InChI is InChI=1S/C39H44O7Si2/c1-38(2,3)47(27-19-11-7-12-20-27,28-21-13-8-14-22-28)45-33-31(40)32(41)34(36-35(33)43-37(42)44-36)46-48(39(4,5)6,29-23-15-9-16-24-29)30-25-17-10-18-26-30/h7-26,31,33-36,40H,1-6H3/t31-,33+,34-,35+,36+/m0/s1. The molecule has 1 saturated heterocycles. The maximum absolute atomic E-state index is 14.6. The summed E-state index contributed by atoms with van der Waals surface area (Å²) < 4.78 is 26.1. The van der Waals surface area contributed by atoms with Crippen molar-refractivity contribution in [2.24, 2.45) is 0 Å². The van der Waals surface area contributed by atoms with Crippen LogP contribution in [0.2, 0.25) is 10.1 Å². The van der Waals surface area contributed by atoms with Crippen molar-refractivity contribution in [3.05, 3.63) is 121 Å². The molecule has 9 heteroatoms. The van der Waals surface area contributed by atoms with Crippen LogP contribution in [-0.2, 0) is 23.1 Å². The summed E-state index contributed by atoms with van der Waals surface area (Å²) in [5.74, 6) is -0.592. The van der Waals surface area contributed by atoms with Crippen LogP contribution in [0.3, 0.4) is 0 Å². The molecule has 48 heavy (non-hydrogen) atoms. The Hall–Kier alpha value is -3.87. The molecule has 4 aromatic rings. The lowest BCUT2D eigenvalue weighted by atomic mass is 9.86. The number of hydrogen-bond donors (Lipinski definition) is 1. The third kappa shape index (κ3) is 5.67. The molecule has 0 unspecified atom stereocenters. The summed E-state index contributed by atoms with van der Waals surface area (Å²) in [6.45, 7) is 12.6. The van der Waals surface area contributed by atoms with Gasteiger partial charge in [0.15, 0.2) is 18.0 Å². The number of benzene rings is 4. The number of carbonyl (C=O) groups is 2. The second kappa shape index (κ2) is 12.9. The van der Waals surface area contributed by atoms with Crippen LogP contribution in [0.5, 0.6) is 0 Å². The average molecular weight is 681 g/mol. The first-order chi connectivity index (χ1) is 22.8. The van der Waals surface area contributed by atoms with Crippen molar-refractivity contribution in [1.82, 2.24) is 0 Å². The van der Waals surface area contributed by atoms with Crippen LogP contribution in [-0.4, -0.2) is 64.2 Å². The van der Waals surface area contributed by atoms with Crippen LogP contribution in [0.15, 0.2) is 121 Å². The highest BCUT2D eigenvalue weighted by atomic mass is 28.4. The SMILES string of the molecule is CC(C)(C)[Si](O[C@H]1[C@H]2OC(=O)O[C@@H]2[C@@H](O[Si](c2ccccc2)(c2ccccc2)C(C)(C)C)C(=O)[C@@H]1O)(c1ccccc1)c1ccccc1. The van der Waals surface area contributed by atoms with Gasteiger partial charge in [-0.2, -0.15) is 0 Å². The lowest BCUT2D eigenvalue weighted by molar-refractivity contribution is -0.162. The number of fused-ring (bicyclic) bond motifs is 1. The predicted molar refractivity (Wildman–Crippen MR) is 191 cm³/mol. The summed E-state index contributed by atoms with van der Waals surface area (Å²) in [6, 6.07) is 39.7. The van der Waals surface area contributed by atoms with E-state index < -0.39 is 69.2 Å². The van der Waals surface area contributed by atoms with Gasteiger partial charge < -0.3 is 23.4 Å². The Morgan fingerprint density at radius 2 is 0.875 bits per heavy atom. The van der Waals surface area contributed by atoms with Gasteiger partial charge in [-0.15, -0.1) is 0 Å². The van der Waals surface area contributed by atoms with E-state index in [1.54, 1.807) is 0 Å². The van der Waals surface area contributed by atoms with Gasteiger partial charge in [-0.1, -0.05) is 163 Å². The Morgan fingerprint density at radius 1 is 0.542 bits per heavy atom. The molecule has 2 fully saturated rings. The molecule has 0 radical (unpaired) electrons. The van der Waals surface area contributed by atoms with Crippen LogP contribution in [0.25, 0.3) is 0 Å². The van der Waals surface area contributed by atoms with E-state index in [9.17, 15) is 14.7 Å². The molecule has 0 aromatic heterocycles. The predicted octanol–water partition coefficient (Wildman–Crippen LogP) is 4.72. The van der Waals surface area contributed by atoms with Crippen LogP contribution < -0.4 is 20.7 Å². The van der Waals surface area contributed by atoms with Crippen molar-refractivity contribution < 1.29 is 33.0 Å². The maximum atomic E-state index is 14.6. The molecule has 4 aromatic carbocycles. The highest BCUT2D eigenvalue weighted by Crippen LogP contribution is 2.44. The maximum Gasteiger partial charge on any atom is 0.509 e. The highest BCUT2D eigenvalue weighted by Gasteiger charge is 2.64. The summed E-state index contributed by atoms with van der Waals surface area (Å²) >= 11 is 0. The zero-order valence-electron chi connectivity index (χ0n) is 28.3. The molecule has 6 rings (SSSR count). The Bertz CT molecular complexity index is 1640. The molecule has 0 spiro atoms. The monoisotopic (exact) mass is 680 g/mol. The normalized spacial score (nSPS) is 23.3. The van der Waals surface area contributed by atoms with Gasteiger partial charge in [0.25, 0.3) is 16.6 Å². The minimum atomic E-state index is -3.30. The fraction of sp³-hybridized carbons (Fsp3) is 0.333. The number of hydrogen-bond acceptors (Lipinski definition) is 7. The number of aliphatic hydroxyl groups is 1. The second-order valence-electron chi connectivity index (χ2n) is 14.7. The number of rotatable bonds is 8. The van der Waals surface area contributed by atoms with Gasteiger partial charge in [0.2, 0.25) is 0 Å². The van der Waals surface area contributed by atoms with Crippen LogP contribution >= 0.6 is 0 Å². The molecule has 0 amide bonds. The lowest BCUT2D eigenvalue weighted by Gasteiger charge is -2.50. The summed E-state index contributed by atoms with van der Waals surface area (Å²) in [7, 11) is -6.59. The Morgan fingerprint density at radius 3 is 1.23 bits per heavy atom. The first kappa shape index (κ1) is 34.0. The summed E-state index contributed by atoms with van der Waals surface area (Å²) in [6.07, 6.45) is -7.26. The number of ether oxygens (including phenoxy) is 2. The molecule has 1 N–H and O–H groups in total. The van der Waals surface area contributed by atoms with Gasteiger partial charge in [-0.05, 0) is 30.8 Å². The van der Waals surface area contributed by atoms with Crippen molar-refractivity contribution in [3.63, 3.8) is 0 Å². The number of carbonyl (C=O) groups excluding carboxylic acids is 2. The van der Waals surface area contributed by atoms with E-state index in [4.69, 9.17) is 18.3 Å². The smallest absolute Gasteiger partial charge is 0.424 e. The van der Waals surface area contributed by atoms with E-state index in [-0.39, 0.29) is 0 Å². The van der Waals surface area contributed by atoms with E-state index in [2.05, 4.69) is 41.5 Å². The summed E-state index contributed by atoms with van der Waals surface area (Å²) in [5.41, 5.74) is 0. The summed E-state index contributed by atoms with van der Waals surface area (Å²) in [4.78, 5) is 27.6. The molecule has 1 aliphatic heterocycles. The van der Waals surface area contributed by atoms with E-state index in [0.717, 1.165) is 20.7 Å². The van der Waals surface area contributed by atoms with Crippen molar-refractivity contribution in [3.8, 4) is 0 Å². The van der Waals surface area contributed by atoms with Crippen molar-refractivity contribution in [2.75, 3.05) is 0 Å². The van der Waals surface area contributed by atoms with E-state index >= 15 is 0 Å². The van der Waals surface area contributed by atoms with Gasteiger partial charge in [0.1, 0.15) is 18.3 Å². The molecule has 1 aliphatic carbocycles. The van der Waals surface area contributed by atoms with Gasteiger partial charge in [-0.3, -0.25) is 4.79 Å². The highest BCUT2D eigenvalue weighted by molar-refractivity contribution is 7.00. The van der Waals surface area contributed by atoms with E-state index in [1.807, 2.05) is 121 Å². The molecule has 1 saturated carbocycles. The van der Waals surface area contributed by atoms with Crippen LogP contribution in [0.1, 0.15) is 41.5 Å². The lowest BCUT2D eigenvalue weighted by Crippen LogP contribution is -2.74. The van der Waals surface area contributed by atoms with Crippen molar-refractivity contribution in [1.29, 1.82) is 0 Å². The van der Waals surface area contributed by atoms with Gasteiger partial charge in [-0.25, -0.2) is 4.79 Å². The largest absolute Gasteiger partial charge is 0.509 e. The Balaban J connectivity index is 1.48. The summed E-state index contributed by atoms with van der Waals surface area (Å²) in [5, 5.41) is 15.0. The Labute approximate surface area is 285 Å². The molecule has 250 valence electrons. The zero-order valence-corrected chi connectivity index (χ0v) is 30.3. The van der Waals surface area contributed by atoms with Crippen molar-refractivity contribution >= 4 is 49.3 Å². The fourth-order valence-corrected chi connectivity index (χ4v) is 16.9. The number of Topliss-reactive ketones (excluding diaryl/α,β-unsaturated/α-hetero) is 1. The quantitative estimate of drug-likeness (QED) is 0.213. The van der Waals surface area contributed by atoms with Crippen molar-refractivity contribution in [2.45, 2.75) is 82.1 Å². The third-order valence-corrected chi connectivity index (χ3v) is 19.8. The van der Waals surface area contributed by atoms with Gasteiger partial charge >= 0.3 is 6.16 Å². The van der Waals surface area contributed by atoms with Crippen LogP contribution in [0, 0.1) is 0 Å². The second-order valence-corrected chi connectivity index (χ2v) is 23.2.